The third kappa shape index (κ3) is 1.59. The van der Waals surface area contributed by atoms with Crippen LogP contribution in [0.25, 0.3) is 33.8 Å². The Bertz CT molecular complexity index is 1260. The van der Waals surface area contributed by atoms with E-state index in [0.29, 0.717) is 0 Å². The van der Waals surface area contributed by atoms with Gasteiger partial charge >= 0.3 is 0 Å². The third-order valence-corrected chi connectivity index (χ3v) is 4.98. The number of hydrogen-bond donors (Lipinski definition) is 0. The zero-order chi connectivity index (χ0) is 16.4. The van der Waals surface area contributed by atoms with Gasteiger partial charge in [-0.2, -0.15) is 4.40 Å². The van der Waals surface area contributed by atoms with Crippen molar-refractivity contribution >= 4 is 16.7 Å². The smallest absolute Gasteiger partial charge is 0.270 e. The van der Waals surface area contributed by atoms with E-state index >= 15 is 0 Å². The summed E-state index contributed by atoms with van der Waals surface area (Å²) in [5, 5.41) is 0. The molecule has 5 nitrogen and oxygen atoms in total. The lowest BCUT2D eigenvalue weighted by molar-refractivity contribution is -0.670. The largest absolute Gasteiger partial charge is 0.298 e. The van der Waals surface area contributed by atoms with Crippen LogP contribution in [0.15, 0.2) is 73.4 Å². The van der Waals surface area contributed by atoms with Gasteiger partial charge in [0.2, 0.25) is 0 Å². The van der Waals surface area contributed by atoms with Crippen molar-refractivity contribution in [3.05, 3.63) is 79.0 Å². The molecule has 0 saturated heterocycles. The van der Waals surface area contributed by atoms with E-state index in [2.05, 4.69) is 66.1 Å². The zero-order valence-corrected chi connectivity index (χ0v) is 13.4. The molecule has 5 aromatic rings. The summed E-state index contributed by atoms with van der Waals surface area (Å²) in [5.41, 5.74) is 7.04. The molecule has 0 N–H and O–H groups in total. The van der Waals surface area contributed by atoms with Gasteiger partial charge in [0.05, 0.1) is 11.8 Å². The number of pyridine rings is 2. The Labute approximate surface area is 143 Å². The van der Waals surface area contributed by atoms with Crippen molar-refractivity contribution in [2.45, 2.75) is 6.54 Å². The average molecular weight is 324 g/mol. The molecule has 0 radical (unpaired) electrons. The van der Waals surface area contributed by atoms with Crippen LogP contribution in [0.4, 0.5) is 0 Å². The molecule has 25 heavy (non-hydrogen) atoms. The standard InChI is InChI=1S/C20H14N5/c1-2-4-15(5-3-1)24-17-7-9-22-11-18(17)25-19(24)13-23-12-14-6-8-21-10-16(14)20(23)25/h1-11,13H,12H2/q+1. The fourth-order valence-electron chi connectivity index (χ4n) is 3.94. The molecule has 1 aromatic carbocycles. The molecule has 6 rings (SSSR count). The molecule has 0 amide bonds. The van der Waals surface area contributed by atoms with Crippen molar-refractivity contribution in [1.29, 1.82) is 0 Å². The minimum atomic E-state index is 0.880. The molecule has 0 bridgehead atoms. The summed E-state index contributed by atoms with van der Waals surface area (Å²) in [5.74, 6) is 1.17. The fraction of sp³-hybridized carbons (Fsp3) is 0.0500. The molecule has 1 aliphatic rings. The molecule has 0 fully saturated rings. The highest BCUT2D eigenvalue weighted by Gasteiger charge is 2.33. The first-order chi connectivity index (χ1) is 12.4. The van der Waals surface area contributed by atoms with Gasteiger partial charge in [-0.15, -0.1) is 0 Å². The van der Waals surface area contributed by atoms with Gasteiger partial charge in [-0.25, -0.2) is 4.57 Å². The number of aromatic nitrogens is 5. The summed E-state index contributed by atoms with van der Waals surface area (Å²) in [7, 11) is 0. The number of hydrogen-bond acceptors (Lipinski definition) is 2. The monoisotopic (exact) mass is 324 g/mol. The molecule has 0 spiro atoms. The predicted octanol–water partition coefficient (Wildman–Crippen LogP) is 2.99. The number of fused-ring (bicyclic) bond motifs is 7. The molecule has 5 heterocycles. The number of nitrogens with zero attached hydrogens (tertiary/aromatic N) is 5. The van der Waals surface area contributed by atoms with Crippen LogP contribution in [0.3, 0.4) is 0 Å². The molecular formula is C20H14N5+. The van der Waals surface area contributed by atoms with Crippen LogP contribution in [0.2, 0.25) is 0 Å². The lowest BCUT2D eigenvalue weighted by atomic mass is 10.2. The molecule has 0 unspecified atom stereocenters. The van der Waals surface area contributed by atoms with Crippen LogP contribution in [-0.2, 0) is 6.54 Å². The topological polar surface area (TPSA) is 39.0 Å². The molecule has 4 aromatic heterocycles. The van der Waals surface area contributed by atoms with Crippen LogP contribution in [0.1, 0.15) is 5.56 Å². The Morgan fingerprint density at radius 2 is 1.72 bits per heavy atom. The maximum atomic E-state index is 4.37. The second kappa shape index (κ2) is 4.54. The van der Waals surface area contributed by atoms with Crippen LogP contribution in [0, 0.1) is 0 Å². The number of rotatable bonds is 1. The van der Waals surface area contributed by atoms with Gasteiger partial charge in [-0.3, -0.25) is 14.5 Å². The molecule has 1 aliphatic heterocycles. The van der Waals surface area contributed by atoms with Crippen molar-refractivity contribution in [2.24, 2.45) is 0 Å². The highest BCUT2D eigenvalue weighted by molar-refractivity contribution is 5.85. The van der Waals surface area contributed by atoms with E-state index in [1.807, 2.05) is 30.9 Å². The summed E-state index contributed by atoms with van der Waals surface area (Å²) in [4.78, 5) is 8.71. The number of para-hydroxylation sites is 1. The van der Waals surface area contributed by atoms with Crippen LogP contribution < -0.4 is 4.57 Å². The van der Waals surface area contributed by atoms with Gasteiger partial charge in [0.15, 0.2) is 11.7 Å². The van der Waals surface area contributed by atoms with E-state index in [4.69, 9.17) is 0 Å². The minimum Gasteiger partial charge on any atom is -0.270 e. The van der Waals surface area contributed by atoms with Gasteiger partial charge in [0.1, 0.15) is 12.1 Å². The van der Waals surface area contributed by atoms with Crippen molar-refractivity contribution in [3.8, 4) is 17.1 Å². The van der Waals surface area contributed by atoms with Crippen molar-refractivity contribution in [1.82, 2.24) is 18.9 Å². The highest BCUT2D eigenvalue weighted by atomic mass is 15.2. The van der Waals surface area contributed by atoms with Gasteiger partial charge in [-0.1, -0.05) is 18.2 Å². The van der Waals surface area contributed by atoms with Crippen LogP contribution in [0.5, 0.6) is 0 Å². The summed E-state index contributed by atoms with van der Waals surface area (Å²) in [6.45, 7) is 0.880. The number of imidazole rings is 2. The van der Waals surface area contributed by atoms with E-state index in [1.54, 1.807) is 0 Å². The Hall–Kier alpha value is -3.47. The predicted molar refractivity (Wildman–Crippen MR) is 94.6 cm³/mol. The fourth-order valence-corrected chi connectivity index (χ4v) is 3.94. The summed E-state index contributed by atoms with van der Waals surface area (Å²) >= 11 is 0. The molecule has 0 aliphatic carbocycles. The summed E-state index contributed by atoms with van der Waals surface area (Å²) in [6, 6.07) is 14.6. The first-order valence-corrected chi connectivity index (χ1v) is 8.30. The second-order valence-corrected chi connectivity index (χ2v) is 6.34. The normalized spacial score (nSPS) is 12.6. The van der Waals surface area contributed by atoms with Crippen molar-refractivity contribution < 1.29 is 4.57 Å². The third-order valence-electron chi connectivity index (χ3n) is 4.98. The van der Waals surface area contributed by atoms with Crippen LogP contribution >= 0.6 is 0 Å². The Morgan fingerprint density at radius 1 is 0.880 bits per heavy atom. The van der Waals surface area contributed by atoms with E-state index < -0.39 is 0 Å². The van der Waals surface area contributed by atoms with Gasteiger partial charge in [0.25, 0.3) is 11.5 Å². The first-order valence-electron chi connectivity index (χ1n) is 8.30. The quantitative estimate of drug-likeness (QED) is 0.436. The SMILES string of the molecule is c1ccc(-n2c3ccncc3n3c4[n+](cc23)Cc2ccncc2-4)cc1. The summed E-state index contributed by atoms with van der Waals surface area (Å²) < 4.78 is 6.88. The molecule has 118 valence electrons. The Balaban J connectivity index is 1.81. The molecule has 5 heteroatoms. The van der Waals surface area contributed by atoms with Crippen molar-refractivity contribution in [3.63, 3.8) is 0 Å². The van der Waals surface area contributed by atoms with Crippen LogP contribution in [-0.4, -0.2) is 18.9 Å². The van der Waals surface area contributed by atoms with E-state index in [0.717, 1.165) is 28.9 Å². The molecular weight excluding hydrogens is 310 g/mol. The van der Waals surface area contributed by atoms with Gasteiger partial charge in [-0.05, 0) is 24.3 Å². The maximum Gasteiger partial charge on any atom is 0.298 e. The summed E-state index contributed by atoms with van der Waals surface area (Å²) in [6.07, 6.45) is 9.84. The second-order valence-electron chi connectivity index (χ2n) is 6.34. The molecule has 0 atom stereocenters. The zero-order valence-electron chi connectivity index (χ0n) is 13.4. The average Bonchev–Trinajstić information content (AvgIpc) is 3.28. The first kappa shape index (κ1) is 12.9. The van der Waals surface area contributed by atoms with E-state index in [9.17, 15) is 0 Å². The van der Waals surface area contributed by atoms with E-state index in [-0.39, 0.29) is 0 Å². The maximum absolute atomic E-state index is 4.37. The Kier molecular flexibility index (Phi) is 2.34. The van der Waals surface area contributed by atoms with Gasteiger partial charge < -0.3 is 0 Å². The molecule has 0 saturated carbocycles. The van der Waals surface area contributed by atoms with Gasteiger partial charge in [0, 0.05) is 29.8 Å². The number of benzene rings is 1. The highest BCUT2D eigenvalue weighted by Crippen LogP contribution is 2.32. The van der Waals surface area contributed by atoms with E-state index in [1.165, 1.54) is 17.0 Å². The minimum absolute atomic E-state index is 0.880. The lowest BCUT2D eigenvalue weighted by Crippen LogP contribution is -2.29. The Morgan fingerprint density at radius 3 is 2.64 bits per heavy atom. The lowest BCUT2D eigenvalue weighted by Gasteiger charge is -2.02. The van der Waals surface area contributed by atoms with Crippen molar-refractivity contribution in [2.75, 3.05) is 0 Å².